The van der Waals surface area contributed by atoms with Gasteiger partial charge in [0, 0.05) is 31.7 Å². The smallest absolute Gasteiger partial charge is 0.285 e. The highest BCUT2D eigenvalue weighted by Crippen LogP contribution is 2.29. The molecule has 0 saturated carbocycles. The summed E-state index contributed by atoms with van der Waals surface area (Å²) >= 11 is 0. The lowest BCUT2D eigenvalue weighted by molar-refractivity contribution is 0.197. The highest BCUT2D eigenvalue weighted by Gasteiger charge is 2.33. The molecule has 2 aliphatic heterocycles. The maximum atomic E-state index is 12.3. The van der Waals surface area contributed by atoms with Crippen molar-refractivity contribution in [3.05, 3.63) is 65.7 Å². The summed E-state index contributed by atoms with van der Waals surface area (Å²) < 4.78 is 28.6. The van der Waals surface area contributed by atoms with Crippen molar-refractivity contribution in [3.63, 3.8) is 0 Å². The quantitative estimate of drug-likeness (QED) is 0.815. The van der Waals surface area contributed by atoms with Gasteiger partial charge in [-0.05, 0) is 43.5 Å². The number of piperidine rings is 1. The van der Waals surface area contributed by atoms with Crippen LogP contribution < -0.4 is 0 Å². The van der Waals surface area contributed by atoms with E-state index in [1.807, 2.05) is 18.2 Å². The zero-order valence-corrected chi connectivity index (χ0v) is 16.4. The highest BCUT2D eigenvalue weighted by molar-refractivity contribution is 7.90. The second-order valence-corrected chi connectivity index (χ2v) is 9.07. The van der Waals surface area contributed by atoms with Crippen molar-refractivity contribution in [2.24, 2.45) is 10.3 Å². The molecule has 0 atom stereocenters. The number of nitrogens with zero attached hydrogens (tertiary/aromatic N) is 3. The summed E-state index contributed by atoms with van der Waals surface area (Å²) in [6.07, 6.45) is 2.11. The van der Waals surface area contributed by atoms with Crippen LogP contribution >= 0.6 is 0 Å². The third-order valence-corrected chi connectivity index (χ3v) is 6.72. The van der Waals surface area contributed by atoms with Crippen LogP contribution in [0.4, 0.5) is 0 Å². The summed E-state index contributed by atoms with van der Waals surface area (Å²) in [5, 5.41) is 0. The Morgan fingerprint density at radius 1 is 1.04 bits per heavy atom. The highest BCUT2D eigenvalue weighted by atomic mass is 32.2. The van der Waals surface area contributed by atoms with Crippen molar-refractivity contribution in [3.8, 4) is 0 Å². The first kappa shape index (κ1) is 18.2. The minimum atomic E-state index is -3.53. The molecule has 2 aliphatic rings. The average molecular weight is 384 g/mol. The van der Waals surface area contributed by atoms with E-state index in [4.69, 9.17) is 0 Å². The van der Waals surface area contributed by atoms with E-state index in [-0.39, 0.29) is 0 Å². The zero-order chi connectivity index (χ0) is 18.9. The van der Waals surface area contributed by atoms with Gasteiger partial charge in [-0.3, -0.25) is 0 Å². The molecule has 0 N–H and O–H groups in total. The molecule has 0 radical (unpaired) electrons. The van der Waals surface area contributed by atoms with Gasteiger partial charge in [0.2, 0.25) is 0 Å². The Kier molecular flexibility index (Phi) is 5.02. The van der Waals surface area contributed by atoms with E-state index in [1.54, 1.807) is 12.1 Å². The maximum Gasteiger partial charge on any atom is 0.285 e. The molecule has 0 unspecified atom stereocenters. The molecule has 1 fully saturated rings. The molecule has 2 aromatic rings. The van der Waals surface area contributed by atoms with Crippen LogP contribution in [-0.4, -0.2) is 50.7 Å². The van der Waals surface area contributed by atoms with Crippen molar-refractivity contribution < 1.29 is 8.42 Å². The summed E-state index contributed by atoms with van der Waals surface area (Å²) in [6, 6.07) is 17.7. The largest absolute Gasteiger partial charge is 0.355 e. The SMILES string of the molecule is CN(Cc1ccccc1)CC1CCN(C2=NS(=O)(=O)c3ccccc32)CC1. The van der Waals surface area contributed by atoms with Gasteiger partial charge >= 0.3 is 0 Å². The molecule has 0 spiro atoms. The minimum absolute atomic E-state index is 0.338. The molecule has 142 valence electrons. The van der Waals surface area contributed by atoms with Crippen molar-refractivity contribution in [1.29, 1.82) is 0 Å². The summed E-state index contributed by atoms with van der Waals surface area (Å²) in [4.78, 5) is 4.85. The van der Waals surface area contributed by atoms with Crippen molar-refractivity contribution in [2.45, 2.75) is 24.3 Å². The molecule has 2 aromatic carbocycles. The number of hydrogen-bond acceptors (Lipinski definition) is 4. The standard InChI is InChI=1S/C21H25N3O2S/c1-23(15-17-7-3-2-4-8-17)16-18-11-13-24(14-12-18)21-19-9-5-6-10-20(19)27(25,26)22-21/h2-10,18H,11-16H2,1H3. The molecular formula is C21H25N3O2S. The molecule has 5 nitrogen and oxygen atoms in total. The third-order valence-electron chi connectivity index (χ3n) is 5.39. The van der Waals surface area contributed by atoms with Crippen LogP contribution in [0.5, 0.6) is 0 Å². The Labute approximate surface area is 161 Å². The Bertz CT molecular complexity index is 933. The van der Waals surface area contributed by atoms with Crippen LogP contribution in [0.2, 0.25) is 0 Å². The van der Waals surface area contributed by atoms with Crippen molar-refractivity contribution >= 4 is 15.9 Å². The first-order valence-electron chi connectivity index (χ1n) is 9.45. The van der Waals surface area contributed by atoms with Gasteiger partial charge < -0.3 is 9.80 Å². The lowest BCUT2D eigenvalue weighted by atomic mass is 9.95. The molecule has 2 heterocycles. The molecule has 0 amide bonds. The van der Waals surface area contributed by atoms with Gasteiger partial charge in [-0.1, -0.05) is 42.5 Å². The normalized spacial score (nSPS) is 19.2. The number of fused-ring (bicyclic) bond motifs is 1. The summed E-state index contributed by atoms with van der Waals surface area (Å²) in [6.45, 7) is 3.72. The third kappa shape index (κ3) is 3.92. The number of sulfonamides is 1. The number of likely N-dealkylation sites (tertiary alicyclic amines) is 1. The van der Waals surface area contributed by atoms with Gasteiger partial charge in [0.15, 0.2) is 5.84 Å². The van der Waals surface area contributed by atoms with Gasteiger partial charge in [-0.25, -0.2) is 0 Å². The fourth-order valence-corrected chi connectivity index (χ4v) is 5.27. The number of amidine groups is 1. The Morgan fingerprint density at radius 2 is 1.70 bits per heavy atom. The minimum Gasteiger partial charge on any atom is -0.355 e. The number of rotatable bonds is 4. The average Bonchev–Trinajstić information content (AvgIpc) is 2.95. The van der Waals surface area contributed by atoms with E-state index in [2.05, 4.69) is 45.5 Å². The lowest BCUT2D eigenvalue weighted by Crippen LogP contribution is -2.41. The number of benzene rings is 2. The van der Waals surface area contributed by atoms with Gasteiger partial charge in [0.1, 0.15) is 4.90 Å². The Balaban J connectivity index is 1.36. The lowest BCUT2D eigenvalue weighted by Gasteiger charge is -2.35. The monoisotopic (exact) mass is 383 g/mol. The van der Waals surface area contributed by atoms with Crippen LogP contribution in [0, 0.1) is 5.92 Å². The predicted molar refractivity (Wildman–Crippen MR) is 107 cm³/mol. The van der Waals surface area contributed by atoms with E-state index in [1.165, 1.54) is 5.56 Å². The molecule has 0 aromatic heterocycles. The van der Waals surface area contributed by atoms with Crippen molar-refractivity contribution in [1.82, 2.24) is 9.80 Å². The molecule has 27 heavy (non-hydrogen) atoms. The maximum absolute atomic E-state index is 12.3. The van der Waals surface area contributed by atoms with Crippen LogP contribution in [0.1, 0.15) is 24.0 Å². The van der Waals surface area contributed by atoms with Crippen LogP contribution in [0.3, 0.4) is 0 Å². The topological polar surface area (TPSA) is 53.0 Å². The fraction of sp³-hybridized carbons (Fsp3) is 0.381. The summed E-state index contributed by atoms with van der Waals surface area (Å²) in [7, 11) is -1.36. The zero-order valence-electron chi connectivity index (χ0n) is 15.6. The predicted octanol–water partition coefficient (Wildman–Crippen LogP) is 2.98. The summed E-state index contributed by atoms with van der Waals surface area (Å²) in [5.41, 5.74) is 2.08. The van der Waals surface area contributed by atoms with Crippen molar-refractivity contribution in [2.75, 3.05) is 26.7 Å². The number of hydrogen-bond donors (Lipinski definition) is 0. The van der Waals surface area contributed by atoms with Crippen LogP contribution in [0.25, 0.3) is 0 Å². The Morgan fingerprint density at radius 3 is 2.44 bits per heavy atom. The molecule has 4 rings (SSSR count). The van der Waals surface area contributed by atoms with Gasteiger partial charge in [-0.15, -0.1) is 4.40 Å². The summed E-state index contributed by atoms with van der Waals surface area (Å²) in [5.74, 6) is 1.26. The second-order valence-electron chi connectivity index (χ2n) is 7.50. The molecular weight excluding hydrogens is 358 g/mol. The molecule has 0 aliphatic carbocycles. The molecule has 6 heteroatoms. The molecule has 1 saturated heterocycles. The van der Waals surface area contributed by atoms with E-state index in [9.17, 15) is 8.42 Å². The van der Waals surface area contributed by atoms with Gasteiger partial charge in [0.05, 0.1) is 0 Å². The Hall–Kier alpha value is -2.18. The van der Waals surface area contributed by atoms with E-state index >= 15 is 0 Å². The molecule has 0 bridgehead atoms. The van der Waals surface area contributed by atoms with Gasteiger partial charge in [0.25, 0.3) is 10.0 Å². The fourth-order valence-electron chi connectivity index (χ4n) is 4.04. The first-order chi connectivity index (χ1) is 13.0. The van der Waals surface area contributed by atoms with Crippen LogP contribution in [0.15, 0.2) is 63.9 Å². The van der Waals surface area contributed by atoms with Gasteiger partial charge in [-0.2, -0.15) is 8.42 Å². The second kappa shape index (κ2) is 7.44. The van der Waals surface area contributed by atoms with E-state index in [0.29, 0.717) is 16.6 Å². The van der Waals surface area contributed by atoms with E-state index < -0.39 is 10.0 Å². The van der Waals surface area contributed by atoms with Crippen LogP contribution in [-0.2, 0) is 16.6 Å². The first-order valence-corrected chi connectivity index (χ1v) is 10.9. The van der Waals surface area contributed by atoms with E-state index in [0.717, 1.165) is 44.6 Å².